The van der Waals surface area contributed by atoms with Crippen LogP contribution in [0.2, 0.25) is 0 Å². The predicted octanol–water partition coefficient (Wildman–Crippen LogP) is 2.31. The van der Waals surface area contributed by atoms with E-state index in [9.17, 15) is 13.2 Å². The van der Waals surface area contributed by atoms with Crippen molar-refractivity contribution in [1.29, 1.82) is 0 Å². The maximum atomic E-state index is 12.7. The second-order valence-corrected chi connectivity index (χ2v) is 9.92. The summed E-state index contributed by atoms with van der Waals surface area (Å²) in [5, 5.41) is 0. The van der Waals surface area contributed by atoms with E-state index < -0.39 is 16.1 Å². The number of sulfonamides is 1. The zero-order valence-corrected chi connectivity index (χ0v) is 21.4. The molecule has 0 saturated carbocycles. The number of nitrogens with one attached hydrogen (secondary N) is 2. The van der Waals surface area contributed by atoms with Crippen molar-refractivity contribution in [2.75, 3.05) is 13.7 Å². The van der Waals surface area contributed by atoms with E-state index in [4.69, 9.17) is 10.5 Å². The summed E-state index contributed by atoms with van der Waals surface area (Å²) in [5.41, 5.74) is 15.2. The fourth-order valence-electron chi connectivity index (χ4n) is 3.97. The number of hydrogen-bond donors (Lipinski definition) is 3. The van der Waals surface area contributed by atoms with Crippen LogP contribution in [0.3, 0.4) is 0 Å². The van der Waals surface area contributed by atoms with Crippen LogP contribution in [0.1, 0.15) is 40.2 Å². The van der Waals surface area contributed by atoms with Crippen molar-refractivity contribution in [1.82, 2.24) is 20.4 Å². The Bertz CT molecular complexity index is 1360. The molecule has 0 saturated heterocycles. The molecule has 0 spiro atoms. The molecule has 0 amide bonds. The lowest BCUT2D eigenvalue weighted by atomic mass is 10.1. The smallest absolute Gasteiger partial charge is 0.284 e. The second-order valence-electron chi connectivity index (χ2n) is 8.35. The van der Waals surface area contributed by atoms with Gasteiger partial charge in [0.2, 0.25) is 5.78 Å². The van der Waals surface area contributed by atoms with Gasteiger partial charge in [0.1, 0.15) is 12.1 Å². The molecule has 0 aliphatic carbocycles. The topological polar surface area (TPSA) is 141 Å². The molecule has 188 valence electrons. The molecular formula is C24H32N6O4S. The molecule has 0 aliphatic heterocycles. The number of fused-ring (bicyclic) bond motifs is 1. The number of rotatable bonds is 11. The largest absolute Gasteiger partial charge is 0.496 e. The molecule has 0 aliphatic rings. The predicted molar refractivity (Wildman–Crippen MR) is 136 cm³/mol. The fourth-order valence-corrected chi connectivity index (χ4v) is 5.27. The van der Waals surface area contributed by atoms with Crippen LogP contribution in [0.4, 0.5) is 0 Å². The van der Waals surface area contributed by atoms with Crippen molar-refractivity contribution in [2.45, 2.75) is 44.6 Å². The molecule has 0 fully saturated rings. The number of ketones is 1. The Hall–Kier alpha value is -3.28. The van der Waals surface area contributed by atoms with Crippen LogP contribution in [-0.2, 0) is 17.1 Å². The number of carbonyl (C=O) groups is 1. The van der Waals surface area contributed by atoms with Crippen LogP contribution in [0.25, 0.3) is 11.0 Å². The summed E-state index contributed by atoms with van der Waals surface area (Å²) >= 11 is 0. The zero-order valence-electron chi connectivity index (χ0n) is 20.6. The Morgan fingerprint density at radius 3 is 2.66 bits per heavy atom. The van der Waals surface area contributed by atoms with E-state index in [1.54, 1.807) is 38.6 Å². The quantitative estimate of drug-likeness (QED) is 0.120. The number of aryl methyl sites for hydroxylation is 2. The number of nitrogens with two attached hydrogens (primary N) is 1. The molecule has 11 heteroatoms. The molecule has 0 unspecified atom stereocenters. The van der Waals surface area contributed by atoms with Gasteiger partial charge >= 0.3 is 0 Å². The number of methoxy groups -OCH3 is 1. The lowest BCUT2D eigenvalue weighted by Crippen LogP contribution is -2.35. The number of imidazole rings is 1. The molecule has 1 atom stereocenters. The lowest BCUT2D eigenvalue weighted by Gasteiger charge is -2.14. The molecule has 35 heavy (non-hydrogen) atoms. The van der Waals surface area contributed by atoms with Gasteiger partial charge in [0, 0.05) is 13.6 Å². The number of Topliss-reactive ketones (excluding diaryl/α,β-unsaturated/α-hetero) is 1. The highest BCUT2D eigenvalue weighted by Gasteiger charge is 2.22. The molecule has 3 aromatic rings. The first kappa shape index (κ1) is 26.3. The fraction of sp³-hybridized carbons (Fsp3) is 0.375. The summed E-state index contributed by atoms with van der Waals surface area (Å²) in [4.78, 5) is 17.3. The Balaban J connectivity index is 1.50. The Kier molecular flexibility index (Phi) is 8.26. The SMILES string of the molecule is COc1cc(C)c(S(=O)(=O)/N=C/NNCCC[C@@H](N)C(=O)c2nc3ccccc3n2C)c(C)c1C. The van der Waals surface area contributed by atoms with E-state index in [1.165, 1.54) is 0 Å². The van der Waals surface area contributed by atoms with Crippen LogP contribution in [0, 0.1) is 20.8 Å². The summed E-state index contributed by atoms with van der Waals surface area (Å²) in [7, 11) is -0.551. The molecule has 0 bridgehead atoms. The van der Waals surface area contributed by atoms with Gasteiger partial charge < -0.3 is 20.5 Å². The lowest BCUT2D eigenvalue weighted by molar-refractivity contribution is 0.0943. The average molecular weight is 501 g/mol. The van der Waals surface area contributed by atoms with Crippen LogP contribution < -0.4 is 21.3 Å². The average Bonchev–Trinajstić information content (AvgIpc) is 3.16. The number of benzene rings is 2. The van der Waals surface area contributed by atoms with Gasteiger partial charge in [-0.1, -0.05) is 12.1 Å². The van der Waals surface area contributed by atoms with Crippen LogP contribution in [0.15, 0.2) is 39.6 Å². The molecule has 1 heterocycles. The van der Waals surface area contributed by atoms with Gasteiger partial charge in [-0.2, -0.15) is 8.42 Å². The van der Waals surface area contributed by atoms with Crippen molar-refractivity contribution in [3.63, 3.8) is 0 Å². The molecule has 0 radical (unpaired) electrons. The molecule has 10 nitrogen and oxygen atoms in total. The van der Waals surface area contributed by atoms with E-state index in [2.05, 4.69) is 20.2 Å². The van der Waals surface area contributed by atoms with Gasteiger partial charge in [-0.15, -0.1) is 4.40 Å². The van der Waals surface area contributed by atoms with Gasteiger partial charge in [-0.05, 0) is 68.5 Å². The number of carbonyl (C=O) groups excluding carboxylic acids is 1. The van der Waals surface area contributed by atoms with Crippen molar-refractivity contribution in [3.05, 3.63) is 52.8 Å². The van der Waals surface area contributed by atoms with E-state index in [0.29, 0.717) is 42.1 Å². The first-order valence-corrected chi connectivity index (χ1v) is 12.7. The van der Waals surface area contributed by atoms with Gasteiger partial charge in [0.15, 0.2) is 5.82 Å². The number of para-hydroxylation sites is 2. The van der Waals surface area contributed by atoms with E-state index in [0.717, 1.165) is 22.9 Å². The highest BCUT2D eigenvalue weighted by Crippen LogP contribution is 2.31. The molecule has 3 rings (SSSR count). The second kappa shape index (κ2) is 11.0. The summed E-state index contributed by atoms with van der Waals surface area (Å²) in [6.45, 7) is 5.70. The number of hydrogen-bond acceptors (Lipinski definition) is 7. The standard InChI is InChI=1S/C24H32N6O4S/c1-15-13-21(34-5)16(2)17(3)23(15)35(32,33)28-14-27-26-12-8-9-18(25)22(31)24-29-19-10-6-7-11-20(19)30(24)4/h6-7,10-11,13-14,18,26H,8-9,12,25H2,1-5H3,(H,27,28)/t18-/m1/s1. The summed E-state index contributed by atoms with van der Waals surface area (Å²) < 4.78 is 36.2. The normalized spacial score (nSPS) is 12.9. The first-order chi connectivity index (χ1) is 16.6. The summed E-state index contributed by atoms with van der Waals surface area (Å²) in [5.74, 6) is 0.752. The Morgan fingerprint density at radius 2 is 1.97 bits per heavy atom. The monoisotopic (exact) mass is 500 g/mol. The molecular weight excluding hydrogens is 468 g/mol. The number of ether oxygens (including phenoxy) is 1. The van der Waals surface area contributed by atoms with Crippen LogP contribution in [-0.4, -0.2) is 49.8 Å². The minimum Gasteiger partial charge on any atom is -0.496 e. The minimum atomic E-state index is -3.89. The van der Waals surface area contributed by atoms with Gasteiger partial charge in [-0.3, -0.25) is 4.79 Å². The Morgan fingerprint density at radius 1 is 1.26 bits per heavy atom. The first-order valence-electron chi connectivity index (χ1n) is 11.2. The van der Waals surface area contributed by atoms with Crippen molar-refractivity contribution < 1.29 is 17.9 Å². The summed E-state index contributed by atoms with van der Waals surface area (Å²) in [6, 6.07) is 8.52. The van der Waals surface area contributed by atoms with Crippen molar-refractivity contribution >= 4 is 33.2 Å². The third-order valence-corrected chi connectivity index (χ3v) is 7.50. The highest BCUT2D eigenvalue weighted by molar-refractivity contribution is 7.90. The number of hydrazine groups is 1. The minimum absolute atomic E-state index is 0.167. The Labute approximate surface area is 205 Å². The van der Waals surface area contributed by atoms with E-state index in [1.807, 2.05) is 31.2 Å². The van der Waals surface area contributed by atoms with Crippen LogP contribution >= 0.6 is 0 Å². The summed E-state index contributed by atoms with van der Waals surface area (Å²) in [6.07, 6.45) is 2.12. The third-order valence-electron chi connectivity index (χ3n) is 5.98. The zero-order chi connectivity index (χ0) is 25.8. The maximum Gasteiger partial charge on any atom is 0.284 e. The van der Waals surface area contributed by atoms with Gasteiger partial charge in [0.05, 0.1) is 29.1 Å². The van der Waals surface area contributed by atoms with E-state index in [-0.39, 0.29) is 10.7 Å². The van der Waals surface area contributed by atoms with Gasteiger partial charge in [-0.25, -0.2) is 10.4 Å². The van der Waals surface area contributed by atoms with Crippen molar-refractivity contribution in [3.8, 4) is 5.75 Å². The van der Waals surface area contributed by atoms with Gasteiger partial charge in [0.25, 0.3) is 10.0 Å². The third kappa shape index (κ3) is 5.69. The molecule has 2 aromatic carbocycles. The van der Waals surface area contributed by atoms with Crippen LogP contribution in [0.5, 0.6) is 5.75 Å². The van der Waals surface area contributed by atoms with E-state index >= 15 is 0 Å². The molecule has 1 aromatic heterocycles. The maximum absolute atomic E-state index is 12.7. The molecule has 4 N–H and O–H groups in total. The highest BCUT2D eigenvalue weighted by atomic mass is 32.2. The number of nitrogens with zero attached hydrogens (tertiary/aromatic N) is 3. The van der Waals surface area contributed by atoms with Crippen molar-refractivity contribution in [2.24, 2.45) is 17.2 Å². The number of aromatic nitrogens is 2.